The van der Waals surface area contributed by atoms with Gasteiger partial charge in [0.2, 0.25) is 0 Å². The van der Waals surface area contributed by atoms with Crippen LogP contribution in [0.1, 0.15) is 35.9 Å². The van der Waals surface area contributed by atoms with E-state index < -0.39 is 29.5 Å². The minimum Gasteiger partial charge on any atom is -0.491 e. The van der Waals surface area contributed by atoms with Gasteiger partial charge < -0.3 is 19.7 Å². The predicted octanol–water partition coefficient (Wildman–Crippen LogP) is 3.33. The van der Waals surface area contributed by atoms with Crippen LogP contribution in [0.4, 0.5) is 4.79 Å². The molecule has 0 saturated heterocycles. The highest BCUT2D eigenvalue weighted by Crippen LogP contribution is 2.38. The number of alkyl carbamates (subject to hydrolysis) is 1. The van der Waals surface area contributed by atoms with E-state index >= 15 is 0 Å². The van der Waals surface area contributed by atoms with Crippen LogP contribution in [0.25, 0.3) is 0 Å². The molecule has 2 aromatic carbocycles. The molecule has 0 unspecified atom stereocenters. The van der Waals surface area contributed by atoms with E-state index in [1.165, 1.54) is 6.08 Å². The summed E-state index contributed by atoms with van der Waals surface area (Å²) >= 11 is 0. The van der Waals surface area contributed by atoms with E-state index in [2.05, 4.69) is 5.32 Å². The van der Waals surface area contributed by atoms with Crippen molar-refractivity contribution in [2.45, 2.75) is 20.0 Å². The van der Waals surface area contributed by atoms with Crippen LogP contribution in [0, 0.1) is 5.41 Å². The van der Waals surface area contributed by atoms with Crippen molar-refractivity contribution in [3.8, 4) is 5.75 Å². The minimum absolute atomic E-state index is 0.129. The van der Waals surface area contributed by atoms with Crippen LogP contribution < -0.4 is 10.1 Å². The molecule has 0 fully saturated rings. The summed E-state index contributed by atoms with van der Waals surface area (Å²) in [6.07, 6.45) is 0.528. The Hall–Kier alpha value is -3.65. The van der Waals surface area contributed by atoms with E-state index in [0.717, 1.165) is 6.08 Å². The highest BCUT2D eigenvalue weighted by Gasteiger charge is 2.33. The summed E-state index contributed by atoms with van der Waals surface area (Å²) in [6, 6.07) is 14.8. The number of hydrogen-bond acceptors (Lipinski definition) is 6. The number of aliphatic hydroxyl groups is 1. The molecule has 0 aromatic heterocycles. The molecular weight excluding hydrogens is 402 g/mol. The number of carboxylic acid groups (broad SMARTS) is 1. The van der Waals surface area contributed by atoms with E-state index in [1.54, 1.807) is 68.4 Å². The molecule has 0 bridgehead atoms. The number of benzene rings is 2. The maximum absolute atomic E-state index is 12.5. The fraction of sp³-hybridized carbons (Fsp3) is 0.261. The SMILES string of the molecule is CC(C)(/C=C/C(=O)O)[C@H](OC(=O)NC(=O)c1ccccc1)c1ccc(OCCO)cc1. The number of amides is 2. The Morgan fingerprint density at radius 2 is 1.71 bits per heavy atom. The summed E-state index contributed by atoms with van der Waals surface area (Å²) in [7, 11) is 0. The van der Waals surface area contributed by atoms with Crippen LogP contribution in [0.15, 0.2) is 66.7 Å². The van der Waals surface area contributed by atoms with Crippen molar-refractivity contribution in [3.63, 3.8) is 0 Å². The van der Waals surface area contributed by atoms with E-state index in [-0.39, 0.29) is 13.2 Å². The van der Waals surface area contributed by atoms with E-state index in [0.29, 0.717) is 16.9 Å². The Balaban J connectivity index is 2.23. The topological polar surface area (TPSA) is 122 Å². The lowest BCUT2D eigenvalue weighted by atomic mass is 9.82. The van der Waals surface area contributed by atoms with Crippen molar-refractivity contribution in [1.29, 1.82) is 0 Å². The number of carboxylic acids is 1. The van der Waals surface area contributed by atoms with Crippen molar-refractivity contribution < 1.29 is 34.1 Å². The Morgan fingerprint density at radius 1 is 1.06 bits per heavy atom. The first-order chi connectivity index (χ1) is 14.7. The Labute approximate surface area is 180 Å². The van der Waals surface area contributed by atoms with Gasteiger partial charge in [0.15, 0.2) is 0 Å². The van der Waals surface area contributed by atoms with Gasteiger partial charge in [-0.3, -0.25) is 10.1 Å². The smallest absolute Gasteiger partial charge is 0.414 e. The van der Waals surface area contributed by atoms with Gasteiger partial charge in [-0.15, -0.1) is 0 Å². The quantitative estimate of drug-likeness (QED) is 0.525. The van der Waals surface area contributed by atoms with E-state index in [1.807, 2.05) is 0 Å². The fourth-order valence-electron chi connectivity index (χ4n) is 2.82. The molecule has 0 spiro atoms. The number of hydrogen-bond donors (Lipinski definition) is 3. The molecule has 2 amide bonds. The lowest BCUT2D eigenvalue weighted by Crippen LogP contribution is -2.35. The molecule has 8 nitrogen and oxygen atoms in total. The first-order valence-corrected chi connectivity index (χ1v) is 9.55. The molecule has 0 heterocycles. The van der Waals surface area contributed by atoms with Crippen LogP contribution in [-0.2, 0) is 9.53 Å². The maximum Gasteiger partial charge on any atom is 0.414 e. The second-order valence-corrected chi connectivity index (χ2v) is 7.24. The maximum atomic E-state index is 12.5. The molecule has 0 aliphatic carbocycles. The predicted molar refractivity (Wildman–Crippen MR) is 113 cm³/mol. The van der Waals surface area contributed by atoms with E-state index in [4.69, 9.17) is 19.7 Å². The standard InChI is InChI=1S/C23H25NO7/c1-23(2,13-12-19(26)27)20(16-8-10-18(11-9-16)30-15-14-25)31-22(29)24-21(28)17-6-4-3-5-7-17/h3-13,20,25H,14-15H2,1-2H3,(H,26,27)(H,24,28,29)/b13-12+/t20-/m1/s1. The van der Waals surface area contributed by atoms with Gasteiger partial charge in [-0.25, -0.2) is 9.59 Å². The summed E-state index contributed by atoms with van der Waals surface area (Å²) in [6.45, 7) is 3.42. The van der Waals surface area contributed by atoms with Crippen molar-refractivity contribution in [3.05, 3.63) is 77.9 Å². The second kappa shape index (κ2) is 10.9. The Bertz CT molecular complexity index is 921. The second-order valence-electron chi connectivity index (χ2n) is 7.24. The van der Waals surface area contributed by atoms with Crippen molar-refractivity contribution in [2.75, 3.05) is 13.2 Å². The average molecular weight is 427 g/mol. The summed E-state index contributed by atoms with van der Waals surface area (Å²) in [5.74, 6) is -1.24. The number of imide groups is 1. The summed E-state index contributed by atoms with van der Waals surface area (Å²) in [5, 5.41) is 20.0. The highest BCUT2D eigenvalue weighted by atomic mass is 16.6. The highest BCUT2D eigenvalue weighted by molar-refractivity contribution is 6.02. The zero-order valence-corrected chi connectivity index (χ0v) is 17.3. The average Bonchev–Trinajstić information content (AvgIpc) is 2.75. The Kier molecular flexibility index (Phi) is 8.33. The van der Waals surface area contributed by atoms with Gasteiger partial charge in [-0.05, 0) is 29.8 Å². The van der Waals surface area contributed by atoms with Gasteiger partial charge in [0.25, 0.3) is 5.91 Å². The molecule has 8 heteroatoms. The van der Waals surface area contributed by atoms with Crippen LogP contribution in [0.3, 0.4) is 0 Å². The number of aliphatic hydroxyl groups excluding tert-OH is 1. The first-order valence-electron chi connectivity index (χ1n) is 9.55. The van der Waals surface area contributed by atoms with Crippen LogP contribution in [0.2, 0.25) is 0 Å². The van der Waals surface area contributed by atoms with Gasteiger partial charge in [-0.1, -0.05) is 50.3 Å². The number of ether oxygens (including phenoxy) is 2. The normalized spacial score (nSPS) is 12.2. The molecular formula is C23H25NO7. The third-order valence-corrected chi connectivity index (χ3v) is 4.35. The summed E-state index contributed by atoms with van der Waals surface area (Å²) < 4.78 is 10.9. The molecule has 0 aliphatic rings. The lowest BCUT2D eigenvalue weighted by molar-refractivity contribution is -0.131. The zero-order chi connectivity index (χ0) is 22.9. The van der Waals surface area contributed by atoms with Gasteiger partial charge in [0.05, 0.1) is 6.61 Å². The number of aliphatic carboxylic acids is 1. The van der Waals surface area contributed by atoms with Gasteiger partial charge in [-0.2, -0.15) is 0 Å². The van der Waals surface area contributed by atoms with Gasteiger partial charge in [0, 0.05) is 17.1 Å². The molecule has 3 N–H and O–H groups in total. The third-order valence-electron chi connectivity index (χ3n) is 4.35. The number of nitrogens with one attached hydrogen (secondary N) is 1. The number of rotatable bonds is 9. The van der Waals surface area contributed by atoms with Gasteiger partial charge in [0.1, 0.15) is 18.5 Å². The first kappa shape index (κ1) is 23.6. The molecule has 164 valence electrons. The monoisotopic (exact) mass is 427 g/mol. The van der Waals surface area contributed by atoms with Crippen LogP contribution in [-0.4, -0.2) is 41.4 Å². The fourth-order valence-corrected chi connectivity index (χ4v) is 2.82. The van der Waals surface area contributed by atoms with Crippen molar-refractivity contribution >= 4 is 18.0 Å². The van der Waals surface area contributed by atoms with Crippen LogP contribution in [0.5, 0.6) is 5.75 Å². The van der Waals surface area contributed by atoms with Crippen molar-refractivity contribution in [2.24, 2.45) is 5.41 Å². The molecule has 0 radical (unpaired) electrons. The van der Waals surface area contributed by atoms with Gasteiger partial charge >= 0.3 is 12.1 Å². The number of carbonyl (C=O) groups is 3. The summed E-state index contributed by atoms with van der Waals surface area (Å²) in [4.78, 5) is 35.7. The molecule has 31 heavy (non-hydrogen) atoms. The molecule has 2 aromatic rings. The van der Waals surface area contributed by atoms with E-state index in [9.17, 15) is 14.4 Å². The minimum atomic E-state index is -1.14. The van der Waals surface area contributed by atoms with Crippen LogP contribution >= 0.6 is 0 Å². The lowest BCUT2D eigenvalue weighted by Gasteiger charge is -2.31. The molecule has 0 saturated carbocycles. The molecule has 0 aliphatic heterocycles. The molecule has 1 atom stereocenters. The Morgan fingerprint density at radius 3 is 2.29 bits per heavy atom. The van der Waals surface area contributed by atoms with Crippen molar-refractivity contribution in [1.82, 2.24) is 5.32 Å². The third kappa shape index (κ3) is 7.27. The molecule has 2 rings (SSSR count). The number of carbonyl (C=O) groups excluding carboxylic acids is 2. The largest absolute Gasteiger partial charge is 0.491 e. The summed E-state index contributed by atoms with van der Waals surface area (Å²) in [5.41, 5.74) is -0.0518. The zero-order valence-electron chi connectivity index (χ0n) is 17.3.